The van der Waals surface area contributed by atoms with E-state index >= 15 is 0 Å². The molecule has 1 amide bonds. The lowest BCUT2D eigenvalue weighted by Gasteiger charge is -2.32. The molecule has 1 heterocycles. The summed E-state index contributed by atoms with van der Waals surface area (Å²) in [5.74, 6) is -0.0547. The average Bonchev–Trinajstić information content (AvgIpc) is 2.78. The van der Waals surface area contributed by atoms with Gasteiger partial charge in [-0.15, -0.1) is 0 Å². The summed E-state index contributed by atoms with van der Waals surface area (Å²) < 4.78 is 17.5. The molecule has 2 N–H and O–H groups in total. The normalized spacial score (nSPS) is 18.4. The van der Waals surface area contributed by atoms with E-state index in [1.807, 2.05) is 27.7 Å². The maximum atomic E-state index is 12.1. The van der Waals surface area contributed by atoms with Crippen molar-refractivity contribution in [3.05, 3.63) is 34.8 Å². The number of alkyl carbamates (subject to hydrolysis) is 1. The number of rotatable bonds is 5. The van der Waals surface area contributed by atoms with Crippen LogP contribution in [0, 0.1) is 0 Å². The van der Waals surface area contributed by atoms with E-state index in [-0.39, 0.29) is 12.3 Å². The van der Waals surface area contributed by atoms with Gasteiger partial charge in [0.1, 0.15) is 11.4 Å². The minimum atomic E-state index is -0.769. The van der Waals surface area contributed by atoms with Gasteiger partial charge in [0.05, 0.1) is 11.2 Å². The standard InChI is InChI=1S/C21H30BNO6/c1-19(2,3)27-18(26)23-12-15(22-28-20(4,5)21(6,7)29-22)11-16-14(13-24)9-8-10-17(16)25/h8-11,13,25H,12H2,1-7H3,(H,23,26). The fraction of sp³-hybridized carbons (Fsp3) is 0.524. The number of carbonyl (C=O) groups excluding carboxylic acids is 2. The second kappa shape index (κ2) is 8.20. The van der Waals surface area contributed by atoms with Gasteiger partial charge in [-0.25, -0.2) is 4.79 Å². The number of phenolic OH excluding ortho intramolecular Hbond substituents is 1. The molecule has 8 heteroatoms. The number of ether oxygens (including phenoxy) is 1. The Balaban J connectivity index is 2.37. The monoisotopic (exact) mass is 403 g/mol. The largest absolute Gasteiger partial charge is 0.507 e. The summed E-state index contributed by atoms with van der Waals surface area (Å²) in [4.78, 5) is 23.5. The number of aldehydes is 1. The van der Waals surface area contributed by atoms with Gasteiger partial charge in [0.2, 0.25) is 0 Å². The van der Waals surface area contributed by atoms with Crippen molar-refractivity contribution in [1.82, 2.24) is 5.32 Å². The molecule has 0 aromatic heterocycles. The predicted octanol–water partition coefficient (Wildman–Crippen LogP) is 3.74. The molecule has 0 bridgehead atoms. The van der Waals surface area contributed by atoms with Crippen LogP contribution in [0.5, 0.6) is 5.75 Å². The fourth-order valence-corrected chi connectivity index (χ4v) is 2.70. The van der Waals surface area contributed by atoms with Gasteiger partial charge in [-0.3, -0.25) is 4.79 Å². The number of nitrogens with one attached hydrogen (secondary N) is 1. The highest BCUT2D eigenvalue weighted by atomic mass is 16.7. The number of carbonyl (C=O) groups is 2. The lowest BCUT2D eigenvalue weighted by molar-refractivity contribution is 0.00578. The first-order valence-corrected chi connectivity index (χ1v) is 9.56. The highest BCUT2D eigenvalue weighted by Gasteiger charge is 2.52. The number of aromatic hydroxyl groups is 1. The van der Waals surface area contributed by atoms with Crippen LogP contribution in [-0.4, -0.2) is 48.0 Å². The third kappa shape index (κ3) is 5.61. The maximum Gasteiger partial charge on any atom is 0.492 e. The minimum absolute atomic E-state index is 0.0539. The molecule has 29 heavy (non-hydrogen) atoms. The summed E-state index contributed by atoms with van der Waals surface area (Å²) in [7, 11) is -0.769. The SMILES string of the molecule is CC(C)(C)OC(=O)NCC(=Cc1c(O)cccc1C=O)B1OC(C)(C)C(C)(C)O1. The van der Waals surface area contributed by atoms with Crippen LogP contribution in [-0.2, 0) is 14.0 Å². The smallest absolute Gasteiger partial charge is 0.492 e. The molecule has 1 saturated heterocycles. The lowest BCUT2D eigenvalue weighted by Crippen LogP contribution is -2.41. The second-order valence-corrected chi connectivity index (χ2v) is 9.06. The van der Waals surface area contributed by atoms with Crippen molar-refractivity contribution in [2.45, 2.75) is 65.3 Å². The summed E-state index contributed by atoms with van der Waals surface area (Å²) in [5.41, 5.74) is -0.626. The number of hydrogen-bond acceptors (Lipinski definition) is 6. The van der Waals surface area contributed by atoms with Crippen LogP contribution in [0.3, 0.4) is 0 Å². The Kier molecular flexibility index (Phi) is 6.50. The molecule has 1 aliphatic heterocycles. The van der Waals surface area contributed by atoms with Crippen LogP contribution >= 0.6 is 0 Å². The highest BCUT2D eigenvalue weighted by molar-refractivity contribution is 6.56. The summed E-state index contributed by atoms with van der Waals surface area (Å²) in [6.45, 7) is 13.1. The van der Waals surface area contributed by atoms with E-state index in [4.69, 9.17) is 14.0 Å². The van der Waals surface area contributed by atoms with Gasteiger partial charge < -0.3 is 24.5 Å². The molecule has 2 rings (SSSR count). The van der Waals surface area contributed by atoms with E-state index < -0.39 is 30.0 Å². The first kappa shape index (κ1) is 23.0. The van der Waals surface area contributed by atoms with Gasteiger partial charge in [-0.1, -0.05) is 18.2 Å². The first-order chi connectivity index (χ1) is 13.3. The van der Waals surface area contributed by atoms with Crippen LogP contribution in [0.4, 0.5) is 4.79 Å². The third-order valence-corrected chi connectivity index (χ3v) is 4.97. The number of phenols is 1. The first-order valence-electron chi connectivity index (χ1n) is 9.56. The van der Waals surface area contributed by atoms with Gasteiger partial charge >= 0.3 is 13.2 Å². The van der Waals surface area contributed by atoms with Gasteiger partial charge in [-0.2, -0.15) is 0 Å². The van der Waals surface area contributed by atoms with E-state index in [2.05, 4.69) is 5.32 Å². The minimum Gasteiger partial charge on any atom is -0.507 e. The van der Waals surface area contributed by atoms with E-state index in [0.717, 1.165) is 0 Å². The molecule has 7 nitrogen and oxygen atoms in total. The summed E-state index contributed by atoms with van der Waals surface area (Å²) >= 11 is 0. The van der Waals surface area contributed by atoms with Crippen molar-refractivity contribution < 1.29 is 28.7 Å². The van der Waals surface area contributed by atoms with Crippen molar-refractivity contribution >= 4 is 25.6 Å². The Labute approximate surface area is 172 Å². The maximum absolute atomic E-state index is 12.1. The molecule has 0 aliphatic carbocycles. The van der Waals surface area contributed by atoms with Gasteiger partial charge in [-0.05, 0) is 60.0 Å². The van der Waals surface area contributed by atoms with Gasteiger partial charge in [0.25, 0.3) is 0 Å². The Morgan fingerprint density at radius 2 is 1.79 bits per heavy atom. The van der Waals surface area contributed by atoms with Crippen LogP contribution < -0.4 is 5.32 Å². The Morgan fingerprint density at radius 3 is 2.31 bits per heavy atom. The van der Waals surface area contributed by atoms with Crippen molar-refractivity contribution in [3.63, 3.8) is 0 Å². The van der Waals surface area contributed by atoms with Crippen LogP contribution in [0.25, 0.3) is 6.08 Å². The zero-order chi connectivity index (χ0) is 22.0. The van der Waals surface area contributed by atoms with Crippen LogP contribution in [0.2, 0.25) is 0 Å². The molecule has 0 atom stereocenters. The molecular weight excluding hydrogens is 373 g/mol. The molecule has 1 aliphatic rings. The molecule has 0 spiro atoms. The third-order valence-electron chi connectivity index (χ3n) is 4.97. The molecule has 0 unspecified atom stereocenters. The fourth-order valence-electron chi connectivity index (χ4n) is 2.70. The average molecular weight is 403 g/mol. The molecule has 0 radical (unpaired) electrons. The summed E-state index contributed by atoms with van der Waals surface area (Å²) in [6, 6.07) is 4.67. The van der Waals surface area contributed by atoms with E-state index in [9.17, 15) is 14.7 Å². The van der Waals surface area contributed by atoms with Crippen molar-refractivity contribution in [2.75, 3.05) is 6.54 Å². The zero-order valence-corrected chi connectivity index (χ0v) is 18.2. The number of benzene rings is 1. The number of hydrogen-bond donors (Lipinski definition) is 2. The molecule has 1 aromatic rings. The summed E-state index contributed by atoms with van der Waals surface area (Å²) in [5, 5.41) is 12.9. The molecule has 1 aromatic carbocycles. The Bertz CT molecular complexity index is 794. The van der Waals surface area contributed by atoms with Crippen LogP contribution in [0.15, 0.2) is 23.7 Å². The predicted molar refractivity (Wildman–Crippen MR) is 112 cm³/mol. The van der Waals surface area contributed by atoms with Gasteiger partial charge in [0.15, 0.2) is 6.29 Å². The van der Waals surface area contributed by atoms with E-state index in [1.54, 1.807) is 39.0 Å². The Morgan fingerprint density at radius 1 is 1.21 bits per heavy atom. The number of amides is 1. The molecule has 158 valence electrons. The highest BCUT2D eigenvalue weighted by Crippen LogP contribution is 2.39. The topological polar surface area (TPSA) is 94.1 Å². The van der Waals surface area contributed by atoms with Crippen LogP contribution in [0.1, 0.15) is 64.4 Å². The molecule has 1 fully saturated rings. The van der Waals surface area contributed by atoms with Crippen molar-refractivity contribution in [2.24, 2.45) is 0 Å². The Hall–Kier alpha value is -2.32. The van der Waals surface area contributed by atoms with Crippen molar-refractivity contribution in [1.29, 1.82) is 0 Å². The van der Waals surface area contributed by atoms with Crippen molar-refractivity contribution in [3.8, 4) is 5.75 Å². The lowest BCUT2D eigenvalue weighted by atomic mass is 9.76. The van der Waals surface area contributed by atoms with E-state index in [1.165, 1.54) is 6.07 Å². The zero-order valence-electron chi connectivity index (χ0n) is 18.2. The molecular formula is C21H30BNO6. The summed E-state index contributed by atoms with van der Waals surface area (Å²) in [6.07, 6.45) is 1.68. The van der Waals surface area contributed by atoms with Gasteiger partial charge in [0, 0.05) is 17.7 Å². The quantitative estimate of drug-likeness (QED) is 0.575. The second-order valence-electron chi connectivity index (χ2n) is 9.06. The van der Waals surface area contributed by atoms with E-state index in [0.29, 0.717) is 22.9 Å². The molecule has 0 saturated carbocycles.